The molecule has 1 rings (SSSR count). The number of amides is 1. The third-order valence-corrected chi connectivity index (χ3v) is 2.31. The molecule has 0 spiro atoms. The molecule has 0 saturated carbocycles. The number of nitrogens with zero attached hydrogens (tertiary/aromatic N) is 1. The van der Waals surface area contributed by atoms with E-state index < -0.39 is 0 Å². The lowest BCUT2D eigenvalue weighted by molar-refractivity contribution is -0.120. The number of pyridine rings is 1. The minimum absolute atomic E-state index is 0.0555. The summed E-state index contributed by atoms with van der Waals surface area (Å²) < 4.78 is 5.71. The molecule has 0 aliphatic rings. The molecule has 0 radical (unpaired) electrons. The maximum absolute atomic E-state index is 11.4. The highest BCUT2D eigenvalue weighted by Gasteiger charge is 2.07. The summed E-state index contributed by atoms with van der Waals surface area (Å²) in [6, 6.07) is 1.66. The molecule has 0 aromatic carbocycles. The minimum Gasteiger partial charge on any atom is -0.370 e. The Morgan fingerprint density at radius 3 is 3.12 bits per heavy atom. The second kappa shape index (κ2) is 6.80. The molecule has 1 aromatic rings. The van der Waals surface area contributed by atoms with Crippen LogP contribution in [0.3, 0.4) is 0 Å². The summed E-state index contributed by atoms with van der Waals surface area (Å²) in [5.74, 6) is -0.296. The van der Waals surface area contributed by atoms with Crippen LogP contribution in [0.5, 0.6) is 0 Å². The highest BCUT2D eigenvalue weighted by molar-refractivity contribution is 9.10. The van der Waals surface area contributed by atoms with Crippen molar-refractivity contribution in [1.82, 2.24) is 4.98 Å². The van der Waals surface area contributed by atoms with Crippen LogP contribution in [-0.4, -0.2) is 30.6 Å². The van der Waals surface area contributed by atoms with Crippen LogP contribution in [0, 0.1) is 0 Å². The normalized spacial score (nSPS) is 10.2. The van der Waals surface area contributed by atoms with Crippen LogP contribution in [0.1, 0.15) is 0 Å². The van der Waals surface area contributed by atoms with E-state index in [2.05, 4.69) is 26.2 Å². The van der Waals surface area contributed by atoms with E-state index in [1.807, 2.05) is 0 Å². The van der Waals surface area contributed by atoms with Gasteiger partial charge in [0.1, 0.15) is 6.61 Å². The van der Waals surface area contributed by atoms with Crippen molar-refractivity contribution >= 4 is 39.1 Å². The largest absolute Gasteiger partial charge is 0.370 e. The van der Waals surface area contributed by atoms with Gasteiger partial charge in [0, 0.05) is 17.2 Å². The summed E-state index contributed by atoms with van der Waals surface area (Å²) in [5.41, 5.74) is 5.66. The van der Waals surface area contributed by atoms with E-state index in [4.69, 9.17) is 22.1 Å². The maximum Gasteiger partial charge on any atom is 0.250 e. The molecule has 7 heteroatoms. The fourth-order valence-corrected chi connectivity index (χ4v) is 1.43. The van der Waals surface area contributed by atoms with Gasteiger partial charge in [0.15, 0.2) is 5.15 Å². The number of hydrogen-bond acceptors (Lipinski definition) is 4. The van der Waals surface area contributed by atoms with E-state index in [-0.39, 0.29) is 17.7 Å². The Kier molecular flexibility index (Phi) is 5.68. The topological polar surface area (TPSA) is 77.2 Å². The Morgan fingerprint density at radius 1 is 1.69 bits per heavy atom. The second-order valence-electron chi connectivity index (χ2n) is 2.88. The number of carbonyl (C=O) groups is 1. The van der Waals surface area contributed by atoms with Crippen molar-refractivity contribution in [2.75, 3.05) is 25.1 Å². The van der Waals surface area contributed by atoms with Gasteiger partial charge in [-0.25, -0.2) is 4.98 Å². The molecule has 16 heavy (non-hydrogen) atoms. The van der Waals surface area contributed by atoms with Gasteiger partial charge in [-0.3, -0.25) is 4.79 Å². The molecule has 0 aliphatic carbocycles. The molecule has 1 aromatic heterocycles. The van der Waals surface area contributed by atoms with Gasteiger partial charge in [-0.05, 0) is 22.0 Å². The Hall–Kier alpha value is -0.690. The van der Waals surface area contributed by atoms with Crippen LogP contribution in [0.2, 0.25) is 5.15 Å². The monoisotopic (exact) mass is 307 g/mol. The van der Waals surface area contributed by atoms with Crippen molar-refractivity contribution in [3.8, 4) is 0 Å². The lowest BCUT2D eigenvalue weighted by atomic mass is 10.4. The van der Waals surface area contributed by atoms with Crippen molar-refractivity contribution in [3.63, 3.8) is 0 Å². The Balaban J connectivity index is 2.52. The van der Waals surface area contributed by atoms with Crippen molar-refractivity contribution in [2.45, 2.75) is 0 Å². The van der Waals surface area contributed by atoms with E-state index >= 15 is 0 Å². The molecule has 5 nitrogen and oxygen atoms in total. The first-order valence-corrected chi connectivity index (χ1v) is 5.69. The molecule has 1 amide bonds. The van der Waals surface area contributed by atoms with E-state index in [0.717, 1.165) is 4.47 Å². The van der Waals surface area contributed by atoms with Crippen LogP contribution < -0.4 is 11.1 Å². The molecule has 0 atom stereocenters. The quantitative estimate of drug-likeness (QED) is 0.637. The lowest BCUT2D eigenvalue weighted by Crippen LogP contribution is -2.21. The van der Waals surface area contributed by atoms with Crippen molar-refractivity contribution in [3.05, 3.63) is 21.9 Å². The number of hydrogen-bond donors (Lipinski definition) is 2. The van der Waals surface area contributed by atoms with Crippen LogP contribution in [0.15, 0.2) is 16.7 Å². The van der Waals surface area contributed by atoms with Crippen molar-refractivity contribution in [1.29, 1.82) is 0 Å². The fraction of sp³-hybridized carbons (Fsp3) is 0.333. The summed E-state index contributed by atoms with van der Waals surface area (Å²) in [6.45, 7) is 0.671. The first-order valence-electron chi connectivity index (χ1n) is 4.52. The van der Waals surface area contributed by atoms with Crippen LogP contribution in [0.4, 0.5) is 5.69 Å². The second-order valence-corrected chi connectivity index (χ2v) is 4.16. The first-order chi connectivity index (χ1) is 7.63. The number of aromatic nitrogens is 1. The van der Waals surface area contributed by atoms with E-state index in [0.29, 0.717) is 18.8 Å². The minimum atomic E-state index is -0.296. The summed E-state index contributed by atoms with van der Waals surface area (Å²) in [7, 11) is 0. The molecule has 1 heterocycles. The van der Waals surface area contributed by atoms with Crippen LogP contribution in [0.25, 0.3) is 0 Å². The third-order valence-electron chi connectivity index (χ3n) is 1.58. The number of carbonyl (C=O) groups excluding carboxylic acids is 1. The molecule has 3 N–H and O–H groups in total. The highest BCUT2D eigenvalue weighted by Crippen LogP contribution is 2.22. The zero-order valence-electron chi connectivity index (χ0n) is 8.37. The Morgan fingerprint density at radius 2 is 2.44 bits per heavy atom. The molecule has 88 valence electrons. The lowest BCUT2D eigenvalue weighted by Gasteiger charge is -2.07. The summed E-state index contributed by atoms with van der Waals surface area (Å²) >= 11 is 9.02. The molecule has 0 aliphatic heterocycles. The zero-order chi connectivity index (χ0) is 12.0. The first kappa shape index (κ1) is 13.4. The predicted molar refractivity (Wildman–Crippen MR) is 65.5 cm³/mol. The van der Waals surface area contributed by atoms with Gasteiger partial charge in [0.25, 0.3) is 0 Å². The van der Waals surface area contributed by atoms with Gasteiger partial charge >= 0.3 is 0 Å². The summed E-state index contributed by atoms with van der Waals surface area (Å²) in [5, 5.41) is 2.81. The van der Waals surface area contributed by atoms with Crippen LogP contribution in [-0.2, 0) is 9.53 Å². The Labute approximate surface area is 106 Å². The molecular formula is C9H11BrClN3O2. The SMILES string of the molecule is NCCOCC(=O)Nc1cc(Br)cnc1Cl. The molecule has 0 saturated heterocycles. The number of anilines is 1. The molecular weight excluding hydrogens is 297 g/mol. The molecule has 0 unspecified atom stereocenters. The van der Waals surface area contributed by atoms with Crippen molar-refractivity contribution in [2.24, 2.45) is 5.73 Å². The highest BCUT2D eigenvalue weighted by atomic mass is 79.9. The van der Waals surface area contributed by atoms with Gasteiger partial charge in [-0.15, -0.1) is 0 Å². The van der Waals surface area contributed by atoms with E-state index in [1.54, 1.807) is 12.3 Å². The van der Waals surface area contributed by atoms with Gasteiger partial charge in [-0.2, -0.15) is 0 Å². The molecule has 0 fully saturated rings. The fourth-order valence-electron chi connectivity index (χ4n) is 0.945. The number of halogens is 2. The number of nitrogens with two attached hydrogens (primary N) is 1. The maximum atomic E-state index is 11.4. The average molecular weight is 309 g/mol. The third kappa shape index (κ3) is 4.44. The van der Waals surface area contributed by atoms with E-state index in [9.17, 15) is 4.79 Å². The predicted octanol–water partition coefficient (Wildman–Crippen LogP) is 1.41. The number of rotatable bonds is 5. The van der Waals surface area contributed by atoms with Crippen LogP contribution >= 0.6 is 27.5 Å². The Bertz CT molecular complexity index is 376. The van der Waals surface area contributed by atoms with Gasteiger partial charge in [0.05, 0.1) is 12.3 Å². The number of nitrogens with one attached hydrogen (secondary N) is 1. The summed E-state index contributed by atoms with van der Waals surface area (Å²) in [6.07, 6.45) is 1.54. The summed E-state index contributed by atoms with van der Waals surface area (Å²) in [4.78, 5) is 15.2. The van der Waals surface area contributed by atoms with Gasteiger partial charge in [0.2, 0.25) is 5.91 Å². The standard InChI is InChI=1S/C9H11BrClN3O2/c10-6-3-7(9(11)13-4-6)14-8(15)5-16-2-1-12/h3-4H,1-2,5,12H2,(H,14,15). The van der Waals surface area contributed by atoms with Crippen molar-refractivity contribution < 1.29 is 9.53 Å². The van der Waals surface area contributed by atoms with Gasteiger partial charge in [-0.1, -0.05) is 11.6 Å². The number of ether oxygens (including phenoxy) is 1. The smallest absolute Gasteiger partial charge is 0.250 e. The van der Waals surface area contributed by atoms with E-state index in [1.165, 1.54) is 0 Å². The average Bonchev–Trinajstić information content (AvgIpc) is 2.24. The van der Waals surface area contributed by atoms with Gasteiger partial charge < -0.3 is 15.8 Å². The zero-order valence-corrected chi connectivity index (χ0v) is 10.7. The molecule has 0 bridgehead atoms.